The number of hydrogen-bond acceptors (Lipinski definition) is 4. The predicted octanol–water partition coefficient (Wildman–Crippen LogP) is 5.14. The molecule has 0 radical (unpaired) electrons. The van der Waals surface area contributed by atoms with E-state index >= 15 is 0 Å². The minimum Gasteiger partial charge on any atom is -0.468 e. The maximum atomic E-state index is 14.9. The first-order valence-electron chi connectivity index (χ1n) is 12.6. The second-order valence-corrected chi connectivity index (χ2v) is 9.66. The van der Waals surface area contributed by atoms with Gasteiger partial charge in [-0.15, -0.1) is 0 Å². The molecule has 0 aliphatic carbocycles. The SMILES string of the molecule is COC(=O)[C@H]1N[C@@H](c2ccccc2)[C@@]2(C(=O)N(Cc3ccccc3)c3ccccc32)[C@@H]1c1ccccc1. The van der Waals surface area contributed by atoms with Gasteiger partial charge >= 0.3 is 5.97 Å². The number of amides is 1. The topological polar surface area (TPSA) is 58.6 Å². The van der Waals surface area contributed by atoms with Crippen molar-refractivity contribution in [3.8, 4) is 0 Å². The predicted molar refractivity (Wildman–Crippen MR) is 143 cm³/mol. The van der Waals surface area contributed by atoms with Gasteiger partial charge in [0.05, 0.1) is 19.7 Å². The van der Waals surface area contributed by atoms with Crippen molar-refractivity contribution in [1.82, 2.24) is 5.32 Å². The summed E-state index contributed by atoms with van der Waals surface area (Å²) in [4.78, 5) is 30.1. The van der Waals surface area contributed by atoms with Crippen LogP contribution in [0, 0.1) is 0 Å². The molecular weight excluding hydrogens is 460 g/mol. The van der Waals surface area contributed by atoms with Gasteiger partial charge in [-0.1, -0.05) is 109 Å². The third kappa shape index (κ3) is 3.58. The van der Waals surface area contributed by atoms with Crippen LogP contribution in [0.25, 0.3) is 0 Å². The van der Waals surface area contributed by atoms with Gasteiger partial charge in [0.25, 0.3) is 0 Å². The summed E-state index contributed by atoms with van der Waals surface area (Å²) in [5, 5.41) is 3.57. The highest BCUT2D eigenvalue weighted by Crippen LogP contribution is 2.61. The largest absolute Gasteiger partial charge is 0.468 e. The lowest BCUT2D eigenvalue weighted by molar-refractivity contribution is -0.143. The van der Waals surface area contributed by atoms with Gasteiger partial charge in [0.2, 0.25) is 5.91 Å². The Morgan fingerprint density at radius 2 is 1.38 bits per heavy atom. The van der Waals surface area contributed by atoms with Crippen LogP contribution in [-0.2, 0) is 26.3 Å². The fraction of sp³-hybridized carbons (Fsp3) is 0.188. The van der Waals surface area contributed by atoms with Gasteiger partial charge in [-0.05, 0) is 28.3 Å². The van der Waals surface area contributed by atoms with Crippen molar-refractivity contribution in [2.75, 3.05) is 12.0 Å². The molecule has 184 valence electrons. The molecule has 2 aliphatic heterocycles. The van der Waals surface area contributed by atoms with Crippen molar-refractivity contribution in [2.24, 2.45) is 0 Å². The Hall–Kier alpha value is -4.22. The van der Waals surface area contributed by atoms with Crippen LogP contribution in [0.4, 0.5) is 5.69 Å². The lowest BCUT2D eigenvalue weighted by atomic mass is 9.63. The molecular formula is C32H28N2O3. The standard InChI is InChI=1S/C32H28N2O3/c1-37-30(35)28-27(23-15-7-3-8-16-23)32(29(33-28)24-17-9-4-10-18-24)25-19-11-12-20-26(25)34(31(32)36)21-22-13-5-2-6-14-22/h2-20,27-29,33H,21H2,1H3/t27-,28+,29+,32+/m1/s1. The summed E-state index contributed by atoms with van der Waals surface area (Å²) in [7, 11) is 1.40. The van der Waals surface area contributed by atoms with E-state index < -0.39 is 23.4 Å². The zero-order chi connectivity index (χ0) is 25.4. The minimum absolute atomic E-state index is 0.0147. The number of fused-ring (bicyclic) bond motifs is 2. The molecule has 5 nitrogen and oxygen atoms in total. The van der Waals surface area contributed by atoms with E-state index in [0.29, 0.717) is 6.54 Å². The number of nitrogens with zero attached hydrogens (tertiary/aromatic N) is 1. The smallest absolute Gasteiger partial charge is 0.323 e. The summed E-state index contributed by atoms with van der Waals surface area (Å²) in [5.41, 5.74) is 3.69. The van der Waals surface area contributed by atoms with E-state index in [1.165, 1.54) is 7.11 Å². The highest BCUT2D eigenvalue weighted by atomic mass is 16.5. The Labute approximate surface area is 216 Å². The third-order valence-corrected chi connectivity index (χ3v) is 7.80. The quantitative estimate of drug-likeness (QED) is 0.395. The Morgan fingerprint density at radius 1 is 0.811 bits per heavy atom. The number of nitrogens with one attached hydrogen (secondary N) is 1. The molecule has 1 amide bonds. The normalized spacial score (nSPS) is 24.3. The fourth-order valence-electron chi connectivity index (χ4n) is 6.31. The molecule has 4 aromatic rings. The summed E-state index contributed by atoms with van der Waals surface area (Å²) < 4.78 is 5.29. The number of esters is 1. The van der Waals surface area contributed by atoms with Gasteiger partial charge < -0.3 is 9.64 Å². The highest BCUT2D eigenvalue weighted by molar-refractivity contribution is 6.10. The van der Waals surface area contributed by atoms with E-state index in [1.54, 1.807) is 0 Å². The van der Waals surface area contributed by atoms with Gasteiger partial charge in [0.15, 0.2) is 0 Å². The average Bonchev–Trinajstić information content (AvgIpc) is 3.44. The Bertz CT molecular complexity index is 1420. The van der Waals surface area contributed by atoms with Crippen molar-refractivity contribution >= 4 is 17.6 Å². The first-order chi connectivity index (χ1) is 18.2. The van der Waals surface area contributed by atoms with Gasteiger partial charge in [-0.25, -0.2) is 0 Å². The molecule has 4 atom stereocenters. The lowest BCUT2D eigenvalue weighted by Crippen LogP contribution is -2.47. The summed E-state index contributed by atoms with van der Waals surface area (Å²) in [6.45, 7) is 0.449. The van der Waals surface area contributed by atoms with Crippen molar-refractivity contribution in [3.63, 3.8) is 0 Å². The van der Waals surface area contributed by atoms with Gasteiger partial charge in [-0.2, -0.15) is 0 Å². The number of carbonyl (C=O) groups excluding carboxylic acids is 2. The van der Waals surface area contributed by atoms with E-state index in [-0.39, 0.29) is 11.9 Å². The highest BCUT2D eigenvalue weighted by Gasteiger charge is 2.67. The zero-order valence-corrected chi connectivity index (χ0v) is 20.6. The summed E-state index contributed by atoms with van der Waals surface area (Å²) >= 11 is 0. The Kier molecular flexibility index (Phi) is 5.85. The molecule has 1 N–H and O–H groups in total. The molecule has 2 heterocycles. The number of carbonyl (C=O) groups is 2. The number of anilines is 1. The molecule has 0 saturated carbocycles. The Balaban J connectivity index is 1.62. The second-order valence-electron chi connectivity index (χ2n) is 9.66. The summed E-state index contributed by atoms with van der Waals surface area (Å²) in [5.74, 6) is -0.863. The van der Waals surface area contributed by atoms with Crippen molar-refractivity contribution < 1.29 is 14.3 Å². The number of rotatable bonds is 5. The molecule has 0 unspecified atom stereocenters. The van der Waals surface area contributed by atoms with E-state index in [2.05, 4.69) is 5.32 Å². The molecule has 0 aromatic heterocycles. The second kappa shape index (κ2) is 9.34. The molecule has 1 fully saturated rings. The molecule has 1 spiro atoms. The molecule has 0 bridgehead atoms. The van der Waals surface area contributed by atoms with Crippen molar-refractivity contribution in [2.45, 2.75) is 30.0 Å². The number of hydrogen-bond donors (Lipinski definition) is 1. The van der Waals surface area contributed by atoms with Gasteiger partial charge in [-0.3, -0.25) is 14.9 Å². The van der Waals surface area contributed by atoms with Crippen molar-refractivity contribution in [3.05, 3.63) is 138 Å². The molecule has 2 aliphatic rings. The monoisotopic (exact) mass is 488 g/mol. The lowest BCUT2D eigenvalue weighted by Gasteiger charge is -2.36. The van der Waals surface area contributed by atoms with E-state index in [0.717, 1.165) is 27.9 Å². The van der Waals surface area contributed by atoms with Crippen LogP contribution in [0.3, 0.4) is 0 Å². The van der Waals surface area contributed by atoms with E-state index in [4.69, 9.17) is 4.74 Å². The number of benzene rings is 4. The molecule has 37 heavy (non-hydrogen) atoms. The van der Waals surface area contributed by atoms with Crippen LogP contribution in [-0.4, -0.2) is 25.0 Å². The van der Waals surface area contributed by atoms with Crippen LogP contribution >= 0.6 is 0 Å². The first-order valence-corrected chi connectivity index (χ1v) is 12.6. The molecule has 6 rings (SSSR count). The van der Waals surface area contributed by atoms with Crippen molar-refractivity contribution in [1.29, 1.82) is 0 Å². The number of methoxy groups -OCH3 is 1. The molecule has 1 saturated heterocycles. The van der Waals surface area contributed by atoms with Crippen LogP contribution < -0.4 is 10.2 Å². The van der Waals surface area contributed by atoms with Gasteiger partial charge in [0, 0.05) is 11.6 Å². The fourth-order valence-corrected chi connectivity index (χ4v) is 6.31. The van der Waals surface area contributed by atoms with Crippen LogP contribution in [0.15, 0.2) is 115 Å². The average molecular weight is 489 g/mol. The Morgan fingerprint density at radius 3 is 2.03 bits per heavy atom. The van der Waals surface area contributed by atoms with Crippen LogP contribution in [0.5, 0.6) is 0 Å². The maximum Gasteiger partial charge on any atom is 0.323 e. The number of ether oxygens (including phenoxy) is 1. The van der Waals surface area contributed by atoms with Crippen LogP contribution in [0.1, 0.15) is 34.2 Å². The minimum atomic E-state index is -1.05. The third-order valence-electron chi connectivity index (χ3n) is 7.80. The number of para-hydroxylation sites is 1. The van der Waals surface area contributed by atoms with Crippen LogP contribution in [0.2, 0.25) is 0 Å². The summed E-state index contributed by atoms with van der Waals surface area (Å²) in [6.07, 6.45) is 0. The van der Waals surface area contributed by atoms with Gasteiger partial charge in [0.1, 0.15) is 11.5 Å². The van der Waals surface area contributed by atoms with E-state index in [9.17, 15) is 9.59 Å². The maximum absolute atomic E-state index is 14.9. The first kappa shape index (κ1) is 23.2. The molecule has 4 aromatic carbocycles. The summed E-state index contributed by atoms with van der Waals surface area (Å²) in [6, 6.07) is 36.7. The molecule has 5 heteroatoms. The zero-order valence-electron chi connectivity index (χ0n) is 20.6. The van der Waals surface area contributed by atoms with E-state index in [1.807, 2.05) is 120 Å².